The Morgan fingerprint density at radius 2 is 2.00 bits per heavy atom. The van der Waals surface area contributed by atoms with E-state index in [4.69, 9.17) is 5.11 Å². The van der Waals surface area contributed by atoms with Crippen LogP contribution in [0.2, 0.25) is 0 Å². The van der Waals surface area contributed by atoms with Crippen molar-refractivity contribution in [2.45, 2.75) is 43.9 Å². The molecule has 0 aliphatic carbocycles. The maximum Gasteiger partial charge on any atom is 0.303 e. The van der Waals surface area contributed by atoms with Crippen LogP contribution in [0.15, 0.2) is 29.3 Å². The van der Waals surface area contributed by atoms with Gasteiger partial charge in [-0.05, 0) is 24.5 Å². The lowest BCUT2D eigenvalue weighted by atomic mass is 10.1. The summed E-state index contributed by atoms with van der Waals surface area (Å²) in [6, 6.07) is 7.50. The van der Waals surface area contributed by atoms with Crippen molar-refractivity contribution >= 4 is 44.3 Å². The minimum absolute atomic E-state index is 0.0505. The second-order valence-electron chi connectivity index (χ2n) is 6.69. The highest BCUT2D eigenvalue weighted by molar-refractivity contribution is 8.16. The number of nitrogens with zero attached hydrogens (tertiary/aromatic N) is 2. The average molecular weight is 411 g/mol. The van der Waals surface area contributed by atoms with Gasteiger partial charge in [-0.1, -0.05) is 36.9 Å². The standard InChI is InChI=1S/C18H22N2O5S2/c1-2-12-6-3-4-7-13(12)20-14-10-27(24,25)11-15(14)26-18(20)19-16(21)8-5-9-17(22)23/h3-4,6-7,14-15H,2,5,8-11H2,1H3,(H,22,23). The van der Waals surface area contributed by atoms with Crippen LogP contribution < -0.4 is 4.90 Å². The highest BCUT2D eigenvalue weighted by Gasteiger charge is 2.49. The van der Waals surface area contributed by atoms with E-state index < -0.39 is 15.8 Å². The first-order valence-electron chi connectivity index (χ1n) is 8.88. The number of hydrogen-bond acceptors (Lipinski definition) is 5. The van der Waals surface area contributed by atoms with E-state index >= 15 is 0 Å². The zero-order chi connectivity index (χ0) is 19.6. The second-order valence-corrected chi connectivity index (χ2v) is 10.0. The third-order valence-corrected chi connectivity index (χ3v) is 7.91. The summed E-state index contributed by atoms with van der Waals surface area (Å²) in [4.78, 5) is 28.9. The zero-order valence-corrected chi connectivity index (χ0v) is 16.6. The van der Waals surface area contributed by atoms with Gasteiger partial charge in [-0.25, -0.2) is 8.42 Å². The van der Waals surface area contributed by atoms with E-state index in [-0.39, 0.29) is 48.0 Å². The predicted octanol–water partition coefficient (Wildman–Crippen LogP) is 2.11. The molecule has 3 rings (SSSR count). The van der Waals surface area contributed by atoms with Gasteiger partial charge in [-0.2, -0.15) is 4.99 Å². The van der Waals surface area contributed by atoms with Crippen LogP contribution in [0.4, 0.5) is 5.69 Å². The number of aryl methyl sites for hydroxylation is 1. The molecule has 1 aromatic carbocycles. The lowest BCUT2D eigenvalue weighted by molar-refractivity contribution is -0.137. The van der Waals surface area contributed by atoms with Gasteiger partial charge in [0.25, 0.3) is 0 Å². The van der Waals surface area contributed by atoms with Gasteiger partial charge in [0.05, 0.1) is 17.5 Å². The van der Waals surface area contributed by atoms with Crippen LogP contribution in [-0.4, -0.2) is 53.4 Å². The van der Waals surface area contributed by atoms with Crippen molar-refractivity contribution in [3.05, 3.63) is 29.8 Å². The lowest BCUT2D eigenvalue weighted by Crippen LogP contribution is -2.38. The maximum atomic E-state index is 12.2. The van der Waals surface area contributed by atoms with Crippen LogP contribution in [0, 0.1) is 0 Å². The fourth-order valence-corrected chi connectivity index (χ4v) is 7.37. The minimum Gasteiger partial charge on any atom is -0.481 e. The number of carboxylic acid groups (broad SMARTS) is 1. The molecular formula is C18H22N2O5S2. The molecule has 0 spiro atoms. The smallest absolute Gasteiger partial charge is 0.303 e. The van der Waals surface area contributed by atoms with Crippen LogP contribution in [0.25, 0.3) is 0 Å². The number of benzene rings is 1. The molecule has 1 aromatic rings. The van der Waals surface area contributed by atoms with E-state index in [1.807, 2.05) is 36.1 Å². The number of anilines is 1. The molecule has 27 heavy (non-hydrogen) atoms. The maximum absolute atomic E-state index is 12.2. The molecular weight excluding hydrogens is 388 g/mol. The Morgan fingerprint density at radius 1 is 1.26 bits per heavy atom. The predicted molar refractivity (Wildman–Crippen MR) is 106 cm³/mol. The second kappa shape index (κ2) is 8.02. The number of carbonyl (C=O) groups excluding carboxylic acids is 1. The molecule has 146 valence electrons. The van der Waals surface area contributed by atoms with Crippen LogP contribution >= 0.6 is 11.8 Å². The molecule has 0 saturated carbocycles. The summed E-state index contributed by atoms with van der Waals surface area (Å²) in [6.45, 7) is 2.03. The Balaban J connectivity index is 1.90. The van der Waals surface area contributed by atoms with E-state index in [0.717, 1.165) is 17.7 Å². The fraction of sp³-hybridized carbons (Fsp3) is 0.500. The molecule has 2 aliphatic heterocycles. The van der Waals surface area contributed by atoms with Crippen LogP contribution in [0.1, 0.15) is 31.7 Å². The van der Waals surface area contributed by atoms with Crippen LogP contribution in [0.3, 0.4) is 0 Å². The van der Waals surface area contributed by atoms with Gasteiger partial charge < -0.3 is 10.0 Å². The first-order valence-corrected chi connectivity index (χ1v) is 11.6. The first-order chi connectivity index (χ1) is 12.8. The topological polar surface area (TPSA) is 104 Å². The van der Waals surface area contributed by atoms with Crippen molar-refractivity contribution in [2.75, 3.05) is 16.4 Å². The summed E-state index contributed by atoms with van der Waals surface area (Å²) < 4.78 is 24.2. The van der Waals surface area contributed by atoms with Gasteiger partial charge in [-0.15, -0.1) is 0 Å². The molecule has 9 heteroatoms. The van der Waals surface area contributed by atoms with Crippen molar-refractivity contribution < 1.29 is 23.1 Å². The summed E-state index contributed by atoms with van der Waals surface area (Å²) >= 11 is 1.33. The molecule has 2 heterocycles. The lowest BCUT2D eigenvalue weighted by Gasteiger charge is -2.26. The summed E-state index contributed by atoms with van der Waals surface area (Å²) in [6.07, 6.45) is 1.01. The number of thioether (sulfide) groups is 1. The zero-order valence-electron chi connectivity index (χ0n) is 15.0. The highest BCUT2D eigenvalue weighted by atomic mass is 32.2. The molecule has 1 amide bonds. The molecule has 2 saturated heterocycles. The molecule has 2 aliphatic rings. The normalized spacial score (nSPS) is 24.9. The number of para-hydroxylation sites is 1. The number of hydrogen-bond donors (Lipinski definition) is 1. The quantitative estimate of drug-likeness (QED) is 0.766. The number of aliphatic imine (C=N–C) groups is 1. The SMILES string of the molecule is CCc1ccccc1N1C(=NC(=O)CCCC(=O)O)SC2CS(=O)(=O)CC21. The van der Waals surface area contributed by atoms with E-state index in [2.05, 4.69) is 4.99 Å². The molecule has 1 N–H and O–H groups in total. The number of aliphatic carboxylic acids is 1. The number of sulfone groups is 1. The third-order valence-electron chi connectivity index (χ3n) is 4.70. The monoisotopic (exact) mass is 410 g/mol. The summed E-state index contributed by atoms with van der Waals surface area (Å²) in [7, 11) is -3.11. The Morgan fingerprint density at radius 3 is 2.70 bits per heavy atom. The number of rotatable bonds is 6. The van der Waals surface area contributed by atoms with Gasteiger partial charge in [0.15, 0.2) is 15.0 Å². The van der Waals surface area contributed by atoms with E-state index in [9.17, 15) is 18.0 Å². The van der Waals surface area contributed by atoms with E-state index in [1.54, 1.807) is 0 Å². The van der Waals surface area contributed by atoms with E-state index in [0.29, 0.717) is 5.17 Å². The number of carbonyl (C=O) groups is 2. The van der Waals surface area contributed by atoms with Crippen LogP contribution in [0.5, 0.6) is 0 Å². The summed E-state index contributed by atoms with van der Waals surface area (Å²) in [5.74, 6) is -1.18. The van der Waals surface area contributed by atoms with Gasteiger partial charge in [0.1, 0.15) is 0 Å². The van der Waals surface area contributed by atoms with Crippen molar-refractivity contribution in [3.63, 3.8) is 0 Å². The van der Waals surface area contributed by atoms with Gasteiger partial charge in [0.2, 0.25) is 5.91 Å². The van der Waals surface area contributed by atoms with Gasteiger partial charge in [0, 0.05) is 23.8 Å². The Bertz CT molecular complexity index is 881. The number of amidine groups is 1. The van der Waals surface area contributed by atoms with Crippen molar-refractivity contribution in [2.24, 2.45) is 4.99 Å². The molecule has 2 unspecified atom stereocenters. The fourth-order valence-electron chi connectivity index (χ4n) is 3.44. The minimum atomic E-state index is -3.11. The van der Waals surface area contributed by atoms with Crippen LogP contribution in [-0.2, 0) is 25.8 Å². The molecule has 0 aromatic heterocycles. The largest absolute Gasteiger partial charge is 0.481 e. The first kappa shape index (κ1) is 19.9. The van der Waals surface area contributed by atoms with Crippen molar-refractivity contribution in [3.8, 4) is 0 Å². The van der Waals surface area contributed by atoms with Crippen molar-refractivity contribution in [1.82, 2.24) is 0 Å². The Labute approximate surface area is 162 Å². The highest BCUT2D eigenvalue weighted by Crippen LogP contribution is 2.42. The average Bonchev–Trinajstić information content (AvgIpc) is 3.05. The molecule has 0 radical (unpaired) electrons. The molecule has 0 bridgehead atoms. The Hall–Kier alpha value is -1.87. The summed E-state index contributed by atoms with van der Waals surface area (Å²) in [5.41, 5.74) is 1.95. The number of carboxylic acids is 1. The van der Waals surface area contributed by atoms with Gasteiger partial charge >= 0.3 is 5.97 Å². The van der Waals surface area contributed by atoms with E-state index in [1.165, 1.54) is 11.8 Å². The number of fused-ring (bicyclic) bond motifs is 1. The van der Waals surface area contributed by atoms with Gasteiger partial charge in [-0.3, -0.25) is 9.59 Å². The Kier molecular flexibility index (Phi) is 5.90. The summed E-state index contributed by atoms with van der Waals surface area (Å²) in [5, 5.41) is 9.07. The third kappa shape index (κ3) is 4.52. The molecule has 7 nitrogen and oxygen atoms in total. The molecule has 2 atom stereocenters. The number of amides is 1. The van der Waals surface area contributed by atoms with Crippen molar-refractivity contribution in [1.29, 1.82) is 0 Å². The molecule has 2 fully saturated rings.